The van der Waals surface area contributed by atoms with Gasteiger partial charge in [0.2, 0.25) is 5.91 Å². The summed E-state index contributed by atoms with van der Waals surface area (Å²) in [7, 11) is 0. The largest absolute Gasteiger partial charge is 0.309 e. The fraction of sp³-hybridized carbons (Fsp3) is 0.0455. The molecule has 3 aromatic carbocycles. The molecule has 0 radical (unpaired) electrons. The lowest BCUT2D eigenvalue weighted by Crippen LogP contribution is -2.18. The zero-order valence-electron chi connectivity index (χ0n) is 14.5. The molecule has 4 rings (SSSR count). The average Bonchev–Trinajstić information content (AvgIpc) is 3.11. The molecule has 1 aromatic heterocycles. The van der Waals surface area contributed by atoms with E-state index in [4.69, 9.17) is 0 Å². The number of nitrogens with one attached hydrogen (secondary N) is 1. The van der Waals surface area contributed by atoms with Gasteiger partial charge >= 0.3 is 0 Å². The molecule has 0 atom stereocenters. The monoisotopic (exact) mass is 352 g/mol. The van der Waals surface area contributed by atoms with Gasteiger partial charge in [-0.05, 0) is 28.5 Å². The maximum absolute atomic E-state index is 12.7. The highest BCUT2D eigenvalue weighted by Gasteiger charge is 2.16. The summed E-state index contributed by atoms with van der Waals surface area (Å²) in [4.78, 5) is 12.7. The minimum absolute atomic E-state index is 0.194. The lowest BCUT2D eigenvalue weighted by molar-refractivity contribution is -0.115. The lowest BCUT2D eigenvalue weighted by atomic mass is 10.0. The normalized spacial score (nSPS) is 10.5. The van der Waals surface area contributed by atoms with Crippen molar-refractivity contribution in [1.29, 1.82) is 5.26 Å². The first-order chi connectivity index (χ1) is 13.3. The van der Waals surface area contributed by atoms with Gasteiger partial charge in [0.05, 0.1) is 18.3 Å². The predicted octanol–water partition coefficient (Wildman–Crippen LogP) is 4.08. The Labute approximate surface area is 156 Å². The second kappa shape index (κ2) is 7.14. The summed E-state index contributed by atoms with van der Waals surface area (Å²) < 4.78 is 1.57. The van der Waals surface area contributed by atoms with Crippen molar-refractivity contribution < 1.29 is 4.79 Å². The topological polar surface area (TPSA) is 70.7 Å². The number of benzene rings is 3. The Morgan fingerprint density at radius 2 is 1.74 bits per heavy atom. The van der Waals surface area contributed by atoms with Crippen LogP contribution in [-0.4, -0.2) is 15.7 Å². The van der Waals surface area contributed by atoms with E-state index in [1.54, 1.807) is 4.68 Å². The Morgan fingerprint density at radius 3 is 2.56 bits per heavy atom. The number of nitrogens with zero attached hydrogens (tertiary/aromatic N) is 3. The molecule has 1 N–H and O–H groups in total. The Balaban J connectivity index is 1.64. The number of amides is 1. The highest BCUT2D eigenvalue weighted by atomic mass is 16.1. The third kappa shape index (κ3) is 3.29. The van der Waals surface area contributed by atoms with Crippen molar-refractivity contribution in [3.8, 4) is 11.8 Å². The van der Waals surface area contributed by atoms with Gasteiger partial charge in [0, 0.05) is 0 Å². The molecule has 0 bridgehead atoms. The van der Waals surface area contributed by atoms with Gasteiger partial charge in [0.25, 0.3) is 0 Å². The summed E-state index contributed by atoms with van der Waals surface area (Å²) in [5.74, 6) is 0.189. The molecule has 4 aromatic rings. The van der Waals surface area contributed by atoms with E-state index in [0.717, 1.165) is 22.0 Å². The molecule has 0 aliphatic rings. The highest BCUT2D eigenvalue weighted by Crippen LogP contribution is 2.22. The zero-order chi connectivity index (χ0) is 18.6. The minimum Gasteiger partial charge on any atom is -0.309 e. The fourth-order valence-corrected chi connectivity index (χ4v) is 3.11. The van der Waals surface area contributed by atoms with Crippen molar-refractivity contribution >= 4 is 22.5 Å². The second-order valence-corrected chi connectivity index (χ2v) is 6.13. The number of anilines is 1. The van der Waals surface area contributed by atoms with Gasteiger partial charge in [-0.2, -0.15) is 10.4 Å². The van der Waals surface area contributed by atoms with Crippen molar-refractivity contribution in [3.63, 3.8) is 0 Å². The molecule has 130 valence electrons. The first kappa shape index (κ1) is 16.6. The van der Waals surface area contributed by atoms with Crippen LogP contribution in [-0.2, 0) is 11.2 Å². The summed E-state index contributed by atoms with van der Waals surface area (Å²) in [5, 5.41) is 18.6. The molecule has 0 aliphatic carbocycles. The number of para-hydroxylation sites is 1. The van der Waals surface area contributed by atoms with E-state index in [1.807, 2.05) is 72.8 Å². The summed E-state index contributed by atoms with van der Waals surface area (Å²) >= 11 is 0. The van der Waals surface area contributed by atoms with Crippen LogP contribution in [0.25, 0.3) is 16.5 Å². The van der Waals surface area contributed by atoms with Crippen LogP contribution >= 0.6 is 0 Å². The minimum atomic E-state index is -0.194. The summed E-state index contributed by atoms with van der Waals surface area (Å²) in [5.41, 5.74) is 2.04. The third-order valence-electron chi connectivity index (χ3n) is 4.38. The van der Waals surface area contributed by atoms with Crippen LogP contribution in [0.4, 0.5) is 5.82 Å². The van der Waals surface area contributed by atoms with Crippen LogP contribution in [0.3, 0.4) is 0 Å². The van der Waals surface area contributed by atoms with Crippen molar-refractivity contribution in [2.75, 3.05) is 5.32 Å². The summed E-state index contributed by atoms with van der Waals surface area (Å²) in [6.45, 7) is 0. The Morgan fingerprint density at radius 1 is 1.00 bits per heavy atom. The van der Waals surface area contributed by atoms with Crippen molar-refractivity contribution in [2.24, 2.45) is 0 Å². The van der Waals surface area contributed by atoms with Crippen LogP contribution in [0.2, 0.25) is 0 Å². The van der Waals surface area contributed by atoms with E-state index in [9.17, 15) is 10.1 Å². The molecule has 27 heavy (non-hydrogen) atoms. The van der Waals surface area contributed by atoms with Gasteiger partial charge in [-0.3, -0.25) is 4.79 Å². The van der Waals surface area contributed by atoms with Crippen LogP contribution in [0.1, 0.15) is 11.1 Å². The van der Waals surface area contributed by atoms with Crippen LogP contribution < -0.4 is 5.32 Å². The molecule has 1 amide bonds. The second-order valence-electron chi connectivity index (χ2n) is 6.13. The van der Waals surface area contributed by atoms with E-state index < -0.39 is 0 Å². The van der Waals surface area contributed by atoms with E-state index in [1.165, 1.54) is 6.20 Å². The maximum atomic E-state index is 12.7. The smallest absolute Gasteiger partial charge is 0.230 e. The molecule has 5 heteroatoms. The number of carbonyl (C=O) groups is 1. The maximum Gasteiger partial charge on any atom is 0.230 e. The van der Waals surface area contributed by atoms with E-state index in [2.05, 4.69) is 16.5 Å². The van der Waals surface area contributed by atoms with Crippen molar-refractivity contribution in [1.82, 2.24) is 9.78 Å². The van der Waals surface area contributed by atoms with Gasteiger partial charge < -0.3 is 5.32 Å². The molecule has 5 nitrogen and oxygen atoms in total. The lowest BCUT2D eigenvalue weighted by Gasteiger charge is -2.11. The molecule has 0 spiro atoms. The highest BCUT2D eigenvalue weighted by molar-refractivity contribution is 5.96. The van der Waals surface area contributed by atoms with Crippen molar-refractivity contribution in [3.05, 3.63) is 90.1 Å². The molecule has 1 heterocycles. The Bertz CT molecular complexity index is 1150. The predicted molar refractivity (Wildman–Crippen MR) is 105 cm³/mol. The number of nitriles is 1. The first-order valence-electron chi connectivity index (χ1n) is 8.56. The van der Waals surface area contributed by atoms with Gasteiger partial charge in [-0.15, -0.1) is 0 Å². The summed E-state index contributed by atoms with van der Waals surface area (Å²) in [6, 6.07) is 25.4. The fourth-order valence-electron chi connectivity index (χ4n) is 3.11. The SMILES string of the molecule is N#Cc1cnn(-c2ccccc2)c1NC(=O)Cc1cccc2ccccc12. The Kier molecular flexibility index (Phi) is 4.38. The van der Waals surface area contributed by atoms with Gasteiger partial charge in [-0.1, -0.05) is 60.7 Å². The molecular formula is C22H16N4O. The van der Waals surface area contributed by atoms with Gasteiger partial charge in [-0.25, -0.2) is 4.68 Å². The van der Waals surface area contributed by atoms with Crippen LogP contribution in [0.5, 0.6) is 0 Å². The van der Waals surface area contributed by atoms with Crippen LogP contribution in [0, 0.1) is 11.3 Å². The quantitative estimate of drug-likeness (QED) is 0.602. The van der Waals surface area contributed by atoms with Crippen molar-refractivity contribution in [2.45, 2.75) is 6.42 Å². The van der Waals surface area contributed by atoms with E-state index in [-0.39, 0.29) is 12.3 Å². The number of aromatic nitrogens is 2. The molecule has 0 unspecified atom stereocenters. The number of hydrogen-bond acceptors (Lipinski definition) is 3. The Hall–Kier alpha value is -3.91. The molecular weight excluding hydrogens is 336 g/mol. The first-order valence-corrected chi connectivity index (χ1v) is 8.56. The van der Waals surface area contributed by atoms with E-state index in [0.29, 0.717) is 11.4 Å². The number of carbonyl (C=O) groups excluding carboxylic acids is 1. The average molecular weight is 352 g/mol. The molecule has 0 saturated heterocycles. The molecule has 0 fully saturated rings. The van der Waals surface area contributed by atoms with Gasteiger partial charge in [0.15, 0.2) is 5.82 Å². The number of fused-ring (bicyclic) bond motifs is 1. The third-order valence-corrected chi connectivity index (χ3v) is 4.38. The molecule has 0 aliphatic heterocycles. The standard InChI is InChI=1S/C22H16N4O/c23-14-18-15-24-26(19-10-2-1-3-11-19)22(18)25-21(27)13-17-9-6-8-16-7-4-5-12-20(16)17/h1-12,15H,13H2,(H,25,27). The van der Waals surface area contributed by atoms with E-state index >= 15 is 0 Å². The van der Waals surface area contributed by atoms with Crippen LogP contribution in [0.15, 0.2) is 79.0 Å². The molecule has 0 saturated carbocycles. The number of hydrogen-bond donors (Lipinski definition) is 1. The number of rotatable bonds is 4. The van der Waals surface area contributed by atoms with Gasteiger partial charge in [0.1, 0.15) is 11.6 Å². The zero-order valence-corrected chi connectivity index (χ0v) is 14.5. The summed E-state index contributed by atoms with van der Waals surface area (Å²) in [6.07, 6.45) is 1.67.